The Balaban J connectivity index is 1.79. The lowest BCUT2D eigenvalue weighted by molar-refractivity contribution is 0.0975. The summed E-state index contributed by atoms with van der Waals surface area (Å²) in [4.78, 5) is 45.7. The molecule has 0 aliphatic carbocycles. The minimum absolute atomic E-state index is 0.0430. The number of benzene rings is 1. The molecule has 0 spiro atoms. The van der Waals surface area contributed by atoms with E-state index >= 15 is 0 Å². The van der Waals surface area contributed by atoms with Gasteiger partial charge in [-0.25, -0.2) is 14.2 Å². The van der Waals surface area contributed by atoms with E-state index < -0.39 is 23.2 Å². The highest BCUT2D eigenvalue weighted by Gasteiger charge is 2.27. The van der Waals surface area contributed by atoms with Crippen LogP contribution in [-0.2, 0) is 11.2 Å². The normalized spacial score (nSPS) is 13.8. The fourth-order valence-electron chi connectivity index (χ4n) is 3.63. The van der Waals surface area contributed by atoms with E-state index in [4.69, 9.17) is 4.74 Å². The van der Waals surface area contributed by atoms with Gasteiger partial charge in [-0.05, 0) is 36.6 Å². The Bertz CT molecular complexity index is 1290. The number of hydrogen-bond donors (Lipinski definition) is 1. The van der Waals surface area contributed by atoms with E-state index in [1.54, 1.807) is 37.2 Å². The van der Waals surface area contributed by atoms with Crippen LogP contribution in [0.1, 0.15) is 28.9 Å². The molecule has 9 nitrogen and oxygen atoms in total. The molecule has 1 aliphatic heterocycles. The van der Waals surface area contributed by atoms with Crippen LogP contribution in [0.5, 0.6) is 5.75 Å². The number of carbonyl (C=O) groups is 2. The number of ketones is 1. The van der Waals surface area contributed by atoms with Crippen LogP contribution >= 0.6 is 0 Å². The number of pyridine rings is 1. The van der Waals surface area contributed by atoms with Gasteiger partial charge in [-0.2, -0.15) is 0 Å². The maximum Gasteiger partial charge on any atom is 0.414 e. The number of carbonyl (C=O) groups excluding carboxylic acids is 2. The summed E-state index contributed by atoms with van der Waals surface area (Å²) < 4.78 is 19.4. The predicted octanol–water partition coefficient (Wildman–Crippen LogP) is 2.77. The van der Waals surface area contributed by atoms with Crippen molar-refractivity contribution in [2.24, 2.45) is 0 Å². The number of halogens is 1. The lowest BCUT2D eigenvalue weighted by Gasteiger charge is -2.28. The summed E-state index contributed by atoms with van der Waals surface area (Å²) in [6, 6.07) is 7.40. The van der Waals surface area contributed by atoms with Crippen LogP contribution in [0.15, 0.2) is 41.3 Å². The molecule has 3 heterocycles. The number of aromatic hydroxyl groups is 1. The lowest BCUT2D eigenvalue weighted by atomic mass is 10.1. The first-order valence-corrected chi connectivity index (χ1v) is 10.4. The number of amides is 1. The van der Waals surface area contributed by atoms with Gasteiger partial charge in [0.05, 0.1) is 18.0 Å². The first-order valence-electron chi connectivity index (χ1n) is 10.4. The van der Waals surface area contributed by atoms with E-state index in [0.29, 0.717) is 30.9 Å². The Morgan fingerprint density at radius 2 is 1.97 bits per heavy atom. The van der Waals surface area contributed by atoms with Crippen molar-refractivity contribution in [1.29, 1.82) is 0 Å². The summed E-state index contributed by atoms with van der Waals surface area (Å²) in [5.41, 5.74) is 0.499. The molecule has 3 aromatic rings. The van der Waals surface area contributed by atoms with Gasteiger partial charge in [-0.3, -0.25) is 18.9 Å². The second-order valence-corrected chi connectivity index (χ2v) is 7.95. The maximum atomic E-state index is 13.1. The standard InChI is InChI=1S/C23H23FN4O5/c1-26(2)16-12-17(27-10-3-11-33-23(27)32)21-25-19(20(30)22(31)28(21)13-16)18(29)9-6-14-4-7-15(24)8-5-14/h4-5,7-8,12-13,30H,3,6,9-11H2,1-2H3. The van der Waals surface area contributed by atoms with Gasteiger partial charge < -0.3 is 14.7 Å². The smallest absolute Gasteiger partial charge is 0.414 e. The Kier molecular flexibility index (Phi) is 5.99. The summed E-state index contributed by atoms with van der Waals surface area (Å²) in [6.45, 7) is 0.651. The average molecular weight is 454 g/mol. The van der Waals surface area contributed by atoms with Crippen LogP contribution < -0.4 is 15.4 Å². The summed E-state index contributed by atoms with van der Waals surface area (Å²) in [5, 5.41) is 10.5. The van der Waals surface area contributed by atoms with Crippen molar-refractivity contribution in [3.63, 3.8) is 0 Å². The van der Waals surface area contributed by atoms with Gasteiger partial charge in [-0.15, -0.1) is 0 Å². The predicted molar refractivity (Wildman–Crippen MR) is 120 cm³/mol. The van der Waals surface area contributed by atoms with E-state index in [1.165, 1.54) is 23.2 Å². The zero-order chi connectivity index (χ0) is 23.7. The van der Waals surface area contributed by atoms with Gasteiger partial charge in [0.25, 0.3) is 0 Å². The highest BCUT2D eigenvalue weighted by molar-refractivity contribution is 5.99. The molecular weight excluding hydrogens is 431 g/mol. The molecule has 1 aliphatic rings. The van der Waals surface area contributed by atoms with Crippen molar-refractivity contribution in [2.45, 2.75) is 19.3 Å². The van der Waals surface area contributed by atoms with Crippen LogP contribution in [-0.4, -0.2) is 53.6 Å². The minimum Gasteiger partial charge on any atom is -0.501 e. The van der Waals surface area contributed by atoms with Crippen LogP contribution in [0.4, 0.5) is 20.6 Å². The molecule has 0 radical (unpaired) electrons. The first kappa shape index (κ1) is 22.3. The molecule has 1 saturated heterocycles. The van der Waals surface area contributed by atoms with Crippen molar-refractivity contribution < 1.29 is 23.8 Å². The number of ether oxygens (including phenoxy) is 1. The molecule has 1 aromatic carbocycles. The monoisotopic (exact) mass is 454 g/mol. The summed E-state index contributed by atoms with van der Waals surface area (Å²) >= 11 is 0. The molecule has 1 amide bonds. The molecule has 0 saturated carbocycles. The Labute approximate surface area is 188 Å². The summed E-state index contributed by atoms with van der Waals surface area (Å²) in [7, 11) is 3.54. The highest BCUT2D eigenvalue weighted by Crippen LogP contribution is 2.29. The fraction of sp³-hybridized carbons (Fsp3) is 0.304. The third-order valence-electron chi connectivity index (χ3n) is 5.46. The Morgan fingerprint density at radius 3 is 2.64 bits per heavy atom. The number of Topliss-reactive ketones (excluding diaryl/α,β-unsaturated/α-hetero) is 1. The molecule has 1 N–H and O–H groups in total. The van der Waals surface area contributed by atoms with E-state index in [0.717, 1.165) is 9.96 Å². The van der Waals surface area contributed by atoms with Crippen LogP contribution in [0, 0.1) is 5.82 Å². The van der Waals surface area contributed by atoms with E-state index in [2.05, 4.69) is 4.98 Å². The van der Waals surface area contributed by atoms with Crippen molar-refractivity contribution >= 4 is 28.9 Å². The Morgan fingerprint density at radius 1 is 1.24 bits per heavy atom. The third kappa shape index (κ3) is 4.36. The zero-order valence-corrected chi connectivity index (χ0v) is 18.2. The van der Waals surface area contributed by atoms with Crippen molar-refractivity contribution in [3.8, 4) is 5.75 Å². The van der Waals surface area contributed by atoms with Gasteiger partial charge in [-0.1, -0.05) is 12.1 Å². The molecular formula is C23H23FN4O5. The van der Waals surface area contributed by atoms with Crippen molar-refractivity contribution in [2.75, 3.05) is 37.0 Å². The highest BCUT2D eigenvalue weighted by atomic mass is 19.1. The number of nitrogens with zero attached hydrogens (tertiary/aromatic N) is 4. The van der Waals surface area contributed by atoms with Crippen LogP contribution in [0.3, 0.4) is 0 Å². The summed E-state index contributed by atoms with van der Waals surface area (Å²) in [6.07, 6.45) is 1.74. The number of anilines is 2. The molecule has 4 rings (SSSR count). The SMILES string of the molecule is CN(C)c1cc(N2CCCOC2=O)c2nc(C(=O)CCc3ccc(F)cc3)c(O)c(=O)n2c1. The number of rotatable bonds is 6. The van der Waals surface area contributed by atoms with Crippen molar-refractivity contribution in [3.05, 3.63) is 64.0 Å². The molecule has 2 aromatic heterocycles. The van der Waals surface area contributed by atoms with E-state index in [9.17, 15) is 23.9 Å². The van der Waals surface area contributed by atoms with Crippen LogP contribution in [0.25, 0.3) is 5.65 Å². The van der Waals surface area contributed by atoms with Crippen LogP contribution in [0.2, 0.25) is 0 Å². The maximum absolute atomic E-state index is 13.1. The quantitative estimate of drug-likeness (QED) is 0.571. The molecule has 0 bridgehead atoms. The van der Waals surface area contributed by atoms with Crippen molar-refractivity contribution in [1.82, 2.24) is 9.38 Å². The lowest BCUT2D eigenvalue weighted by Crippen LogP contribution is -2.38. The first-order chi connectivity index (χ1) is 15.8. The van der Waals surface area contributed by atoms with Gasteiger partial charge in [0.1, 0.15) is 5.82 Å². The summed E-state index contributed by atoms with van der Waals surface area (Å²) in [5.74, 6) is -1.69. The zero-order valence-electron chi connectivity index (χ0n) is 18.2. The third-order valence-corrected chi connectivity index (χ3v) is 5.46. The van der Waals surface area contributed by atoms with Gasteiger partial charge in [0.2, 0.25) is 5.75 Å². The number of aryl methyl sites for hydroxylation is 1. The second kappa shape index (κ2) is 8.89. The fourth-order valence-corrected chi connectivity index (χ4v) is 3.63. The average Bonchev–Trinajstić information content (AvgIpc) is 2.80. The Hall–Kier alpha value is -3.95. The number of aromatic nitrogens is 2. The molecule has 1 fully saturated rings. The number of hydrogen-bond acceptors (Lipinski definition) is 7. The second-order valence-electron chi connectivity index (χ2n) is 7.95. The van der Waals surface area contributed by atoms with Gasteiger partial charge in [0.15, 0.2) is 17.1 Å². The molecule has 0 atom stereocenters. The minimum atomic E-state index is -0.819. The van der Waals surface area contributed by atoms with E-state index in [1.807, 2.05) is 0 Å². The molecule has 0 unspecified atom stereocenters. The topological polar surface area (TPSA) is 104 Å². The van der Waals surface area contributed by atoms with Gasteiger partial charge in [0, 0.05) is 33.3 Å². The van der Waals surface area contributed by atoms with E-state index in [-0.39, 0.29) is 30.0 Å². The number of fused-ring (bicyclic) bond motifs is 1. The largest absolute Gasteiger partial charge is 0.501 e. The molecule has 10 heteroatoms. The molecule has 33 heavy (non-hydrogen) atoms. The van der Waals surface area contributed by atoms with Gasteiger partial charge >= 0.3 is 11.7 Å². The molecule has 172 valence electrons. The number of cyclic esters (lactones) is 1.